The summed E-state index contributed by atoms with van der Waals surface area (Å²) < 4.78 is 14.0. The number of aromatic nitrogens is 1. The molecule has 0 fully saturated rings. The van der Waals surface area contributed by atoms with Crippen molar-refractivity contribution in [2.75, 3.05) is 12.3 Å². The quantitative estimate of drug-likeness (QED) is 0.509. The number of nitrogens with two attached hydrogens (primary N) is 1. The van der Waals surface area contributed by atoms with Gasteiger partial charge in [-0.05, 0) is 6.07 Å². The number of thiazole rings is 1. The number of fused-ring (bicyclic) bond motifs is 1. The predicted molar refractivity (Wildman–Crippen MR) is 90.4 cm³/mol. The molecule has 2 heterocycles. The average Bonchev–Trinajstić information content (AvgIpc) is 2.74. The maximum atomic E-state index is 14.0. The minimum absolute atomic E-state index is 0. The van der Waals surface area contributed by atoms with Crippen LogP contribution in [0.15, 0.2) is 12.1 Å². The number of nitrogen functional groups attached to an aromatic ring is 1. The lowest BCUT2D eigenvalue weighted by atomic mass is 9.93. The molecule has 0 bridgehead atoms. The number of nitrogens with one attached hydrogen (secondary N) is 1. The first kappa shape index (κ1) is 18.1. The Bertz CT molecular complexity index is 654. The van der Waals surface area contributed by atoms with Gasteiger partial charge >= 0.3 is 0 Å². The summed E-state index contributed by atoms with van der Waals surface area (Å²) in [6, 6.07) is 2.17. The summed E-state index contributed by atoms with van der Waals surface area (Å²) in [4.78, 5) is 5.10. The van der Waals surface area contributed by atoms with E-state index in [4.69, 9.17) is 5.73 Å². The number of hydrogen-bond acceptors (Lipinski definition) is 6. The van der Waals surface area contributed by atoms with Gasteiger partial charge in [0.05, 0.1) is 5.69 Å². The molecule has 1 aliphatic heterocycles. The molecule has 1 aromatic carbocycles. The number of benzene rings is 1. The van der Waals surface area contributed by atoms with Crippen molar-refractivity contribution in [3.63, 3.8) is 0 Å². The molecule has 5 nitrogen and oxygen atoms in total. The van der Waals surface area contributed by atoms with Crippen LogP contribution in [0.3, 0.4) is 0 Å². The number of phenolic OH excluding ortho intramolecular Hbond substituents is 2. The molecule has 1 unspecified atom stereocenters. The molecule has 21 heavy (non-hydrogen) atoms. The predicted octanol–water partition coefficient (Wildman–Crippen LogP) is 2.67. The Morgan fingerprint density at radius 3 is 2.67 bits per heavy atom. The van der Waals surface area contributed by atoms with Crippen molar-refractivity contribution in [1.29, 1.82) is 0 Å². The molecule has 0 saturated carbocycles. The second-order valence-corrected chi connectivity index (χ2v) is 5.47. The molecule has 9 heteroatoms. The van der Waals surface area contributed by atoms with Gasteiger partial charge in [-0.3, -0.25) is 0 Å². The van der Waals surface area contributed by atoms with Gasteiger partial charge in [0.15, 0.2) is 16.6 Å². The summed E-state index contributed by atoms with van der Waals surface area (Å²) in [6.45, 7) is 1.14. The zero-order chi connectivity index (χ0) is 13.6. The van der Waals surface area contributed by atoms with E-state index in [9.17, 15) is 14.6 Å². The minimum atomic E-state index is -0.554. The molecule has 1 atom stereocenters. The summed E-state index contributed by atoms with van der Waals surface area (Å²) in [5.41, 5.74) is 6.82. The van der Waals surface area contributed by atoms with Crippen LogP contribution in [0.25, 0.3) is 0 Å². The largest absolute Gasteiger partial charge is 0.504 e. The zero-order valence-corrected chi connectivity index (χ0v) is 14.9. The Hall–Kier alpha value is -0.900. The molecule has 3 rings (SSSR count). The SMILES string of the molecule is Br.Br.Nc1nc2c(s1)C(c1cc(O)c(O)cc1F)CNC2. The van der Waals surface area contributed by atoms with Gasteiger partial charge in [0.1, 0.15) is 5.82 Å². The van der Waals surface area contributed by atoms with Crippen molar-refractivity contribution >= 4 is 50.4 Å². The molecule has 0 spiro atoms. The lowest BCUT2D eigenvalue weighted by molar-refractivity contribution is 0.397. The summed E-state index contributed by atoms with van der Waals surface area (Å²) in [5.74, 6) is -1.61. The highest BCUT2D eigenvalue weighted by atomic mass is 79.9. The van der Waals surface area contributed by atoms with E-state index in [1.165, 1.54) is 17.4 Å². The molecule has 2 aromatic rings. The Morgan fingerprint density at radius 1 is 1.29 bits per heavy atom. The number of halogens is 3. The van der Waals surface area contributed by atoms with E-state index in [2.05, 4.69) is 10.3 Å². The van der Waals surface area contributed by atoms with Crippen LogP contribution >= 0.6 is 45.3 Å². The normalized spacial score (nSPS) is 16.5. The summed E-state index contributed by atoms with van der Waals surface area (Å²) >= 11 is 1.33. The van der Waals surface area contributed by atoms with Gasteiger partial charge in [-0.1, -0.05) is 0 Å². The van der Waals surface area contributed by atoms with Gasteiger partial charge in [-0.2, -0.15) is 0 Å². The molecular formula is C12H14Br2FN3O2S. The molecule has 0 amide bonds. The molecule has 5 N–H and O–H groups in total. The van der Waals surface area contributed by atoms with Gasteiger partial charge in [0, 0.05) is 35.5 Å². The number of rotatable bonds is 1. The molecular weight excluding hydrogens is 429 g/mol. The maximum absolute atomic E-state index is 14.0. The first-order valence-electron chi connectivity index (χ1n) is 5.73. The van der Waals surface area contributed by atoms with Crippen molar-refractivity contribution in [2.45, 2.75) is 12.5 Å². The number of aromatic hydroxyl groups is 2. The zero-order valence-electron chi connectivity index (χ0n) is 10.7. The van der Waals surface area contributed by atoms with Crippen LogP contribution in [-0.2, 0) is 6.54 Å². The molecule has 1 aliphatic rings. The van der Waals surface area contributed by atoms with E-state index >= 15 is 0 Å². The van der Waals surface area contributed by atoms with Crippen molar-refractivity contribution in [3.8, 4) is 11.5 Å². The fourth-order valence-electron chi connectivity index (χ4n) is 2.29. The summed E-state index contributed by atoms with van der Waals surface area (Å²) in [5, 5.41) is 22.4. The van der Waals surface area contributed by atoms with Gasteiger partial charge in [0.25, 0.3) is 0 Å². The van der Waals surface area contributed by atoms with Gasteiger partial charge < -0.3 is 21.3 Å². The summed E-state index contributed by atoms with van der Waals surface area (Å²) in [6.07, 6.45) is 0. The van der Waals surface area contributed by atoms with E-state index in [0.29, 0.717) is 23.8 Å². The van der Waals surface area contributed by atoms with Gasteiger partial charge in [-0.15, -0.1) is 45.3 Å². The van der Waals surface area contributed by atoms with E-state index < -0.39 is 11.6 Å². The van der Waals surface area contributed by atoms with Crippen molar-refractivity contribution in [2.24, 2.45) is 0 Å². The first-order chi connectivity index (χ1) is 9.06. The number of hydrogen-bond donors (Lipinski definition) is 4. The average molecular weight is 443 g/mol. The first-order valence-corrected chi connectivity index (χ1v) is 6.55. The Labute approximate surface area is 145 Å². The molecule has 1 aromatic heterocycles. The van der Waals surface area contributed by atoms with Crippen LogP contribution in [-0.4, -0.2) is 21.7 Å². The third-order valence-electron chi connectivity index (χ3n) is 3.17. The smallest absolute Gasteiger partial charge is 0.180 e. The van der Waals surface area contributed by atoms with Gasteiger partial charge in [-0.25, -0.2) is 9.37 Å². The Morgan fingerprint density at radius 2 is 1.95 bits per heavy atom. The van der Waals surface area contributed by atoms with E-state index in [1.807, 2.05) is 0 Å². The highest BCUT2D eigenvalue weighted by Gasteiger charge is 2.28. The highest BCUT2D eigenvalue weighted by Crippen LogP contribution is 2.39. The van der Waals surface area contributed by atoms with E-state index in [-0.39, 0.29) is 45.6 Å². The fraction of sp³-hybridized carbons (Fsp3) is 0.250. The number of nitrogens with zero attached hydrogens (tertiary/aromatic N) is 1. The molecule has 116 valence electrons. The van der Waals surface area contributed by atoms with Crippen LogP contribution < -0.4 is 11.1 Å². The van der Waals surface area contributed by atoms with Crippen LogP contribution in [0.4, 0.5) is 9.52 Å². The molecule has 0 radical (unpaired) electrons. The fourth-order valence-corrected chi connectivity index (χ4v) is 3.26. The van der Waals surface area contributed by atoms with Crippen molar-refractivity contribution in [1.82, 2.24) is 10.3 Å². The lowest BCUT2D eigenvalue weighted by Crippen LogP contribution is -2.28. The number of anilines is 1. The van der Waals surface area contributed by atoms with Crippen molar-refractivity contribution < 1.29 is 14.6 Å². The topological polar surface area (TPSA) is 91.4 Å². The van der Waals surface area contributed by atoms with Gasteiger partial charge in [0.2, 0.25) is 0 Å². The molecule has 0 saturated heterocycles. The third-order valence-corrected chi connectivity index (χ3v) is 4.21. The molecule has 0 aliphatic carbocycles. The van der Waals surface area contributed by atoms with Crippen LogP contribution in [0.1, 0.15) is 22.1 Å². The van der Waals surface area contributed by atoms with E-state index in [1.54, 1.807) is 0 Å². The standard InChI is InChI=1S/C12H12FN3O2S.2BrH/c13-7-2-10(18)9(17)1-5(7)6-3-15-4-8-11(6)19-12(14)16-8;;/h1-2,6,15,17-18H,3-4H2,(H2,14,16);2*1H. The van der Waals surface area contributed by atoms with Crippen LogP contribution in [0.5, 0.6) is 11.5 Å². The Balaban J connectivity index is 0.00000110. The van der Waals surface area contributed by atoms with Crippen LogP contribution in [0, 0.1) is 5.82 Å². The Kier molecular flexibility index (Phi) is 5.97. The number of phenols is 2. The highest BCUT2D eigenvalue weighted by molar-refractivity contribution is 8.93. The van der Waals surface area contributed by atoms with E-state index in [0.717, 1.165) is 16.6 Å². The lowest BCUT2D eigenvalue weighted by Gasteiger charge is -2.23. The second-order valence-electron chi connectivity index (χ2n) is 4.41. The second kappa shape index (κ2) is 6.91. The third kappa shape index (κ3) is 3.31. The maximum Gasteiger partial charge on any atom is 0.180 e. The van der Waals surface area contributed by atoms with Crippen LogP contribution in [0.2, 0.25) is 0 Å². The summed E-state index contributed by atoms with van der Waals surface area (Å²) in [7, 11) is 0. The minimum Gasteiger partial charge on any atom is -0.504 e. The van der Waals surface area contributed by atoms with Crippen molar-refractivity contribution in [3.05, 3.63) is 34.1 Å². The monoisotopic (exact) mass is 441 g/mol.